The maximum absolute atomic E-state index is 13.4. The van der Waals surface area contributed by atoms with Gasteiger partial charge in [0.25, 0.3) is 0 Å². The van der Waals surface area contributed by atoms with Crippen LogP contribution in [0, 0.1) is 5.82 Å². The van der Waals surface area contributed by atoms with Crippen LogP contribution in [0.15, 0.2) is 47.4 Å². The van der Waals surface area contributed by atoms with Crippen molar-refractivity contribution in [3.63, 3.8) is 0 Å². The van der Waals surface area contributed by atoms with Gasteiger partial charge in [-0.05, 0) is 42.7 Å². The van der Waals surface area contributed by atoms with Crippen LogP contribution in [0.3, 0.4) is 0 Å². The van der Waals surface area contributed by atoms with E-state index in [1.54, 1.807) is 23.9 Å². The van der Waals surface area contributed by atoms with E-state index in [0.717, 1.165) is 4.90 Å². The monoisotopic (exact) mass is 264 g/mol. The number of thioether (sulfide) groups is 1. The van der Waals surface area contributed by atoms with Gasteiger partial charge in [0.15, 0.2) is 0 Å². The molecule has 0 unspecified atom stereocenters. The van der Waals surface area contributed by atoms with Gasteiger partial charge in [0, 0.05) is 4.90 Å². The van der Waals surface area contributed by atoms with E-state index in [-0.39, 0.29) is 12.2 Å². The first-order chi connectivity index (χ1) is 8.74. The molecule has 0 aliphatic rings. The van der Waals surface area contributed by atoms with Crippen molar-refractivity contribution < 1.29 is 14.2 Å². The molecule has 0 atom stereocenters. The Bertz CT molecular complexity index is 526. The summed E-state index contributed by atoms with van der Waals surface area (Å²) in [5.74, 6) is 0.498. The lowest BCUT2D eigenvalue weighted by molar-refractivity contribution is 0.270. The number of aliphatic hydroxyl groups excluding tert-OH is 1. The van der Waals surface area contributed by atoms with Crippen molar-refractivity contribution >= 4 is 11.8 Å². The Morgan fingerprint density at radius 1 is 1.17 bits per heavy atom. The molecule has 0 heterocycles. The van der Waals surface area contributed by atoms with Crippen molar-refractivity contribution in [2.24, 2.45) is 0 Å². The van der Waals surface area contributed by atoms with Crippen molar-refractivity contribution in [1.82, 2.24) is 0 Å². The summed E-state index contributed by atoms with van der Waals surface area (Å²) < 4.78 is 19.0. The molecule has 1 N–H and O–H groups in total. The van der Waals surface area contributed by atoms with Crippen molar-refractivity contribution in [2.45, 2.75) is 11.5 Å². The molecule has 2 aromatic rings. The van der Waals surface area contributed by atoms with Gasteiger partial charge in [-0.1, -0.05) is 6.07 Å². The van der Waals surface area contributed by atoms with Crippen molar-refractivity contribution in [2.75, 3.05) is 6.26 Å². The summed E-state index contributed by atoms with van der Waals surface area (Å²) >= 11 is 1.64. The molecule has 2 aromatic carbocycles. The van der Waals surface area contributed by atoms with E-state index >= 15 is 0 Å². The van der Waals surface area contributed by atoms with Crippen LogP contribution in [0.1, 0.15) is 5.56 Å². The minimum absolute atomic E-state index is 0.173. The Morgan fingerprint density at radius 3 is 2.50 bits per heavy atom. The number of aliphatic hydroxyl groups is 1. The van der Waals surface area contributed by atoms with Crippen LogP contribution in [-0.4, -0.2) is 11.4 Å². The molecule has 0 aromatic heterocycles. The molecule has 2 rings (SSSR count). The molecular formula is C14H13FO2S. The van der Waals surface area contributed by atoms with E-state index in [9.17, 15) is 4.39 Å². The predicted octanol–water partition coefficient (Wildman–Crippen LogP) is 3.83. The van der Waals surface area contributed by atoms with Gasteiger partial charge in [-0.3, -0.25) is 0 Å². The zero-order chi connectivity index (χ0) is 13.0. The molecule has 0 saturated heterocycles. The molecule has 18 heavy (non-hydrogen) atoms. The molecule has 0 aliphatic carbocycles. The number of benzene rings is 2. The SMILES string of the molecule is CSc1ccc(Oc2cccc(F)c2CO)cc1. The van der Waals surface area contributed by atoms with E-state index in [4.69, 9.17) is 9.84 Å². The number of rotatable bonds is 4. The van der Waals surface area contributed by atoms with Crippen LogP contribution in [0.5, 0.6) is 11.5 Å². The van der Waals surface area contributed by atoms with Crippen LogP contribution in [0.2, 0.25) is 0 Å². The van der Waals surface area contributed by atoms with Crippen LogP contribution < -0.4 is 4.74 Å². The number of halogens is 1. The van der Waals surface area contributed by atoms with Crippen LogP contribution in [0.25, 0.3) is 0 Å². The summed E-state index contributed by atoms with van der Waals surface area (Å²) in [6.45, 7) is -0.384. The maximum atomic E-state index is 13.4. The van der Waals surface area contributed by atoms with Gasteiger partial charge in [-0.15, -0.1) is 11.8 Å². The molecule has 94 valence electrons. The topological polar surface area (TPSA) is 29.5 Å². The highest BCUT2D eigenvalue weighted by Gasteiger charge is 2.09. The minimum Gasteiger partial charge on any atom is -0.457 e. The quantitative estimate of drug-likeness (QED) is 0.851. The van der Waals surface area contributed by atoms with E-state index in [1.807, 2.05) is 30.5 Å². The molecule has 0 spiro atoms. The third-order valence-electron chi connectivity index (χ3n) is 2.52. The standard InChI is InChI=1S/C14H13FO2S/c1-18-11-7-5-10(6-8-11)17-14-4-2-3-13(15)12(14)9-16/h2-8,16H,9H2,1H3. The fourth-order valence-corrected chi connectivity index (χ4v) is 1.97. The van der Waals surface area contributed by atoms with E-state index < -0.39 is 5.82 Å². The van der Waals surface area contributed by atoms with Crippen molar-refractivity contribution in [3.05, 3.63) is 53.8 Å². The van der Waals surface area contributed by atoms with Gasteiger partial charge in [0.1, 0.15) is 17.3 Å². The van der Waals surface area contributed by atoms with E-state index in [0.29, 0.717) is 11.5 Å². The lowest BCUT2D eigenvalue weighted by atomic mass is 10.2. The third kappa shape index (κ3) is 2.83. The van der Waals surface area contributed by atoms with Gasteiger partial charge < -0.3 is 9.84 Å². The van der Waals surface area contributed by atoms with Gasteiger partial charge in [0.2, 0.25) is 0 Å². The molecule has 0 bridgehead atoms. The number of hydrogen-bond donors (Lipinski definition) is 1. The first kappa shape index (κ1) is 12.9. The highest BCUT2D eigenvalue weighted by atomic mass is 32.2. The average Bonchev–Trinajstić information content (AvgIpc) is 2.40. The van der Waals surface area contributed by atoms with Gasteiger partial charge in [-0.2, -0.15) is 0 Å². The highest BCUT2D eigenvalue weighted by Crippen LogP contribution is 2.28. The highest BCUT2D eigenvalue weighted by molar-refractivity contribution is 7.98. The molecule has 4 heteroatoms. The molecule has 2 nitrogen and oxygen atoms in total. The zero-order valence-corrected chi connectivity index (χ0v) is 10.7. The Balaban J connectivity index is 2.25. The lowest BCUT2D eigenvalue weighted by Crippen LogP contribution is -1.95. The molecule has 0 fully saturated rings. The van der Waals surface area contributed by atoms with Gasteiger partial charge >= 0.3 is 0 Å². The second-order valence-electron chi connectivity index (χ2n) is 3.65. The van der Waals surface area contributed by atoms with Crippen LogP contribution in [0.4, 0.5) is 4.39 Å². The maximum Gasteiger partial charge on any atom is 0.135 e. The smallest absolute Gasteiger partial charge is 0.135 e. The largest absolute Gasteiger partial charge is 0.457 e. The Morgan fingerprint density at radius 2 is 1.89 bits per heavy atom. The Labute approximate surface area is 109 Å². The Hall–Kier alpha value is -1.52. The second-order valence-corrected chi connectivity index (χ2v) is 4.53. The summed E-state index contributed by atoms with van der Waals surface area (Å²) in [6, 6.07) is 12.0. The summed E-state index contributed by atoms with van der Waals surface area (Å²) in [5.41, 5.74) is 0.173. The molecule has 0 saturated carbocycles. The van der Waals surface area contributed by atoms with E-state index in [2.05, 4.69) is 0 Å². The normalized spacial score (nSPS) is 10.4. The molecule has 0 aliphatic heterocycles. The summed E-state index contributed by atoms with van der Waals surface area (Å²) in [6.07, 6.45) is 1.99. The third-order valence-corrected chi connectivity index (χ3v) is 3.26. The predicted molar refractivity (Wildman–Crippen MR) is 70.6 cm³/mol. The molecule has 0 radical (unpaired) electrons. The van der Waals surface area contributed by atoms with Crippen molar-refractivity contribution in [1.29, 1.82) is 0 Å². The van der Waals surface area contributed by atoms with Gasteiger partial charge in [-0.25, -0.2) is 4.39 Å². The number of ether oxygens (including phenoxy) is 1. The Kier molecular flexibility index (Phi) is 4.23. The fourth-order valence-electron chi connectivity index (χ4n) is 1.56. The van der Waals surface area contributed by atoms with Crippen molar-refractivity contribution in [3.8, 4) is 11.5 Å². The number of hydrogen-bond acceptors (Lipinski definition) is 3. The van der Waals surface area contributed by atoms with Gasteiger partial charge in [0.05, 0.1) is 12.2 Å². The second kappa shape index (κ2) is 5.89. The first-order valence-electron chi connectivity index (χ1n) is 5.44. The summed E-state index contributed by atoms with van der Waals surface area (Å²) in [7, 11) is 0. The summed E-state index contributed by atoms with van der Waals surface area (Å²) in [5, 5.41) is 9.14. The fraction of sp³-hybridized carbons (Fsp3) is 0.143. The average molecular weight is 264 g/mol. The van der Waals surface area contributed by atoms with Crippen LogP contribution >= 0.6 is 11.8 Å². The van der Waals surface area contributed by atoms with Crippen LogP contribution in [-0.2, 0) is 6.61 Å². The minimum atomic E-state index is -0.462. The molecular weight excluding hydrogens is 251 g/mol. The zero-order valence-electron chi connectivity index (χ0n) is 9.89. The molecule has 0 amide bonds. The lowest BCUT2D eigenvalue weighted by Gasteiger charge is -2.10. The summed E-state index contributed by atoms with van der Waals surface area (Å²) in [4.78, 5) is 1.13. The first-order valence-corrected chi connectivity index (χ1v) is 6.67. The van der Waals surface area contributed by atoms with E-state index in [1.165, 1.54) is 6.07 Å².